The van der Waals surface area contributed by atoms with Gasteiger partial charge in [0, 0.05) is 10.6 Å². The van der Waals surface area contributed by atoms with Crippen LogP contribution >= 0.6 is 11.6 Å². The van der Waals surface area contributed by atoms with Crippen LogP contribution in [0, 0.1) is 0 Å². The van der Waals surface area contributed by atoms with Crippen LogP contribution < -0.4 is 0 Å². The number of benzene rings is 1. The topological polar surface area (TPSA) is 37.3 Å². The van der Waals surface area contributed by atoms with E-state index in [0.717, 1.165) is 0 Å². The maximum Gasteiger partial charge on any atom is 0.186 e. The molecule has 0 saturated heterocycles. The lowest BCUT2D eigenvalue weighted by Crippen LogP contribution is -1.90. The van der Waals surface area contributed by atoms with Gasteiger partial charge in [-0.3, -0.25) is 0 Å². The van der Waals surface area contributed by atoms with Gasteiger partial charge in [-0.15, -0.1) is 0 Å². The first-order valence-electron chi connectivity index (χ1n) is 3.10. The van der Waals surface area contributed by atoms with E-state index in [2.05, 4.69) is 0 Å². The fourth-order valence-corrected chi connectivity index (χ4v) is 1.36. The molecule has 1 rings (SSSR count). The van der Waals surface area contributed by atoms with Gasteiger partial charge < -0.3 is 4.55 Å². The smallest absolute Gasteiger partial charge is 0.186 e. The Hall–Kier alpha value is -0.450. The molecule has 0 aliphatic heterocycles. The van der Waals surface area contributed by atoms with Crippen molar-refractivity contribution in [1.82, 2.24) is 0 Å². The molecule has 0 aromatic heterocycles. The van der Waals surface area contributed by atoms with Crippen LogP contribution in [0.25, 0.3) is 0 Å². The van der Waals surface area contributed by atoms with Crippen LogP contribution in [-0.4, -0.2) is 8.76 Å². The lowest BCUT2D eigenvalue weighted by molar-refractivity contribution is 0.484. The van der Waals surface area contributed by atoms with Gasteiger partial charge in [0.2, 0.25) is 0 Å². The summed E-state index contributed by atoms with van der Waals surface area (Å²) in [5.41, 5.74) is 0.233. The van der Waals surface area contributed by atoms with Crippen molar-refractivity contribution in [2.45, 2.75) is 11.6 Å². The Morgan fingerprint density at radius 1 is 1.58 bits per heavy atom. The summed E-state index contributed by atoms with van der Waals surface area (Å²) < 4.78 is 31.3. The Morgan fingerprint density at radius 3 is 2.75 bits per heavy atom. The van der Waals surface area contributed by atoms with E-state index in [4.69, 9.17) is 16.2 Å². The molecule has 2 nitrogen and oxygen atoms in total. The molecule has 0 aliphatic rings. The molecule has 1 unspecified atom stereocenters. The van der Waals surface area contributed by atoms with E-state index in [1.54, 1.807) is 0 Å². The number of rotatable bonds is 2. The van der Waals surface area contributed by atoms with Crippen molar-refractivity contribution in [2.75, 3.05) is 0 Å². The lowest BCUT2D eigenvalue weighted by Gasteiger charge is -2.00. The quantitative estimate of drug-likeness (QED) is 0.758. The Bertz CT molecular complexity index is 316. The summed E-state index contributed by atoms with van der Waals surface area (Å²) in [4.78, 5) is 0.159. The van der Waals surface area contributed by atoms with Crippen molar-refractivity contribution >= 4 is 22.7 Å². The highest BCUT2D eigenvalue weighted by Gasteiger charge is 2.04. The van der Waals surface area contributed by atoms with Gasteiger partial charge in [-0.1, -0.05) is 11.6 Å². The van der Waals surface area contributed by atoms with Crippen LogP contribution in [0.2, 0.25) is 5.02 Å². The first kappa shape index (κ1) is 9.64. The van der Waals surface area contributed by atoms with Crippen LogP contribution in [-0.2, 0) is 17.8 Å². The molecule has 0 fully saturated rings. The van der Waals surface area contributed by atoms with Crippen LogP contribution in [0.5, 0.6) is 0 Å². The van der Waals surface area contributed by atoms with Crippen molar-refractivity contribution < 1.29 is 13.2 Å². The molecular formula is C7H6ClFO2S. The molecule has 1 N–H and O–H groups in total. The van der Waals surface area contributed by atoms with E-state index >= 15 is 0 Å². The van der Waals surface area contributed by atoms with E-state index in [1.165, 1.54) is 18.2 Å². The zero-order valence-electron chi connectivity index (χ0n) is 5.96. The Morgan fingerprint density at radius 2 is 2.25 bits per heavy atom. The average Bonchev–Trinajstić information content (AvgIpc) is 2.05. The molecule has 1 aromatic carbocycles. The lowest BCUT2D eigenvalue weighted by atomic mass is 10.2. The van der Waals surface area contributed by atoms with Crippen LogP contribution in [0.3, 0.4) is 0 Å². The van der Waals surface area contributed by atoms with Crippen LogP contribution in [0.4, 0.5) is 4.39 Å². The monoisotopic (exact) mass is 208 g/mol. The number of halogens is 2. The van der Waals surface area contributed by atoms with Crippen molar-refractivity contribution in [3.05, 3.63) is 28.8 Å². The molecular weight excluding hydrogens is 203 g/mol. The summed E-state index contributed by atoms with van der Waals surface area (Å²) in [6.07, 6.45) is 0. The SMILES string of the molecule is O=S(O)c1ccc(Cl)c(CF)c1. The maximum absolute atomic E-state index is 12.2. The summed E-state index contributed by atoms with van der Waals surface area (Å²) in [7, 11) is 0. The summed E-state index contributed by atoms with van der Waals surface area (Å²) in [6, 6.07) is 4.07. The molecule has 5 heteroatoms. The van der Waals surface area contributed by atoms with E-state index in [1.807, 2.05) is 0 Å². The third-order valence-corrected chi connectivity index (χ3v) is 2.39. The normalized spacial score (nSPS) is 12.9. The van der Waals surface area contributed by atoms with Gasteiger partial charge in [-0.2, -0.15) is 0 Å². The van der Waals surface area contributed by atoms with Gasteiger partial charge in [0.15, 0.2) is 11.1 Å². The molecule has 0 bridgehead atoms. The summed E-state index contributed by atoms with van der Waals surface area (Å²) in [5, 5.41) is 0.270. The van der Waals surface area contributed by atoms with Crippen molar-refractivity contribution in [3.63, 3.8) is 0 Å². The molecule has 66 valence electrons. The second-order valence-electron chi connectivity index (χ2n) is 2.14. The zero-order chi connectivity index (χ0) is 9.14. The minimum absolute atomic E-state index is 0.159. The number of hydrogen-bond acceptors (Lipinski definition) is 1. The average molecular weight is 209 g/mol. The molecule has 0 radical (unpaired) electrons. The van der Waals surface area contributed by atoms with E-state index < -0.39 is 17.8 Å². The predicted molar refractivity (Wildman–Crippen MR) is 45.3 cm³/mol. The van der Waals surface area contributed by atoms with Gasteiger partial charge in [-0.25, -0.2) is 8.60 Å². The Balaban J connectivity index is 3.13. The van der Waals surface area contributed by atoms with Crippen molar-refractivity contribution in [3.8, 4) is 0 Å². The third kappa shape index (κ3) is 2.03. The summed E-state index contributed by atoms with van der Waals surface area (Å²) >= 11 is 3.51. The predicted octanol–water partition coefficient (Wildman–Crippen LogP) is 2.39. The molecule has 0 amide bonds. The summed E-state index contributed by atoms with van der Waals surface area (Å²) in [5.74, 6) is 0. The highest BCUT2D eigenvalue weighted by Crippen LogP contribution is 2.19. The zero-order valence-corrected chi connectivity index (χ0v) is 7.53. The van der Waals surface area contributed by atoms with Crippen molar-refractivity contribution in [2.24, 2.45) is 0 Å². The van der Waals surface area contributed by atoms with E-state index in [0.29, 0.717) is 0 Å². The van der Waals surface area contributed by atoms with Crippen LogP contribution in [0.15, 0.2) is 23.1 Å². The Labute approximate surface area is 76.6 Å². The molecule has 1 aromatic rings. The minimum Gasteiger partial charge on any atom is -0.302 e. The van der Waals surface area contributed by atoms with Crippen molar-refractivity contribution in [1.29, 1.82) is 0 Å². The highest BCUT2D eigenvalue weighted by molar-refractivity contribution is 7.79. The van der Waals surface area contributed by atoms with Gasteiger partial charge in [0.25, 0.3) is 0 Å². The third-order valence-electron chi connectivity index (χ3n) is 1.36. The highest BCUT2D eigenvalue weighted by atomic mass is 35.5. The van der Waals surface area contributed by atoms with Gasteiger partial charge in [-0.05, 0) is 18.2 Å². The molecule has 12 heavy (non-hydrogen) atoms. The minimum atomic E-state index is -2.07. The second-order valence-corrected chi connectivity index (χ2v) is 3.51. The number of alkyl halides is 1. The second kappa shape index (κ2) is 3.98. The molecule has 0 spiro atoms. The first-order chi connectivity index (χ1) is 5.65. The van der Waals surface area contributed by atoms with Gasteiger partial charge in [0.05, 0.1) is 4.90 Å². The van der Waals surface area contributed by atoms with Gasteiger partial charge >= 0.3 is 0 Å². The van der Waals surface area contributed by atoms with E-state index in [-0.39, 0.29) is 15.5 Å². The Kier molecular flexibility index (Phi) is 3.20. The maximum atomic E-state index is 12.2. The molecule has 0 heterocycles. The van der Waals surface area contributed by atoms with Gasteiger partial charge in [0.1, 0.15) is 6.67 Å². The van der Waals surface area contributed by atoms with E-state index in [9.17, 15) is 8.60 Å². The first-order valence-corrected chi connectivity index (χ1v) is 4.59. The number of hydrogen-bond donors (Lipinski definition) is 1. The fraction of sp³-hybridized carbons (Fsp3) is 0.143. The standard InChI is InChI=1S/C7H6ClFO2S/c8-7-2-1-6(12(10)11)3-5(7)4-9/h1-3H,4H2,(H,10,11). The molecule has 1 atom stereocenters. The largest absolute Gasteiger partial charge is 0.302 e. The fourth-order valence-electron chi connectivity index (χ4n) is 0.762. The molecule has 0 saturated carbocycles. The molecule has 0 aliphatic carbocycles. The summed E-state index contributed by atoms with van der Waals surface area (Å²) in [6.45, 7) is -0.732. The van der Waals surface area contributed by atoms with Crippen LogP contribution in [0.1, 0.15) is 5.56 Å².